The van der Waals surface area contributed by atoms with Gasteiger partial charge < -0.3 is 14.2 Å². The van der Waals surface area contributed by atoms with Crippen molar-refractivity contribution in [2.45, 2.75) is 46.1 Å². The van der Waals surface area contributed by atoms with Crippen molar-refractivity contribution in [1.29, 1.82) is 0 Å². The van der Waals surface area contributed by atoms with Crippen LogP contribution < -0.4 is 9.47 Å². The average Bonchev–Trinajstić information content (AvgIpc) is 3.25. The van der Waals surface area contributed by atoms with E-state index in [-0.39, 0.29) is 24.4 Å². The van der Waals surface area contributed by atoms with E-state index in [1.165, 1.54) is 26.4 Å². The van der Waals surface area contributed by atoms with Crippen LogP contribution in [-0.2, 0) is 22.6 Å². The van der Waals surface area contributed by atoms with Crippen LogP contribution in [0, 0.1) is 17.0 Å². The highest BCUT2D eigenvalue weighted by Crippen LogP contribution is 2.47. The summed E-state index contributed by atoms with van der Waals surface area (Å²) < 4.78 is 46.4. The third-order valence-electron chi connectivity index (χ3n) is 6.93. The van der Waals surface area contributed by atoms with Gasteiger partial charge in [0.25, 0.3) is 0 Å². The van der Waals surface area contributed by atoms with Gasteiger partial charge in [-0.1, -0.05) is 32.1 Å². The maximum Gasteiger partial charge on any atom is 0.305 e. The summed E-state index contributed by atoms with van der Waals surface area (Å²) in [5, 5.41) is 0. The molecule has 0 N–H and O–H groups in total. The van der Waals surface area contributed by atoms with Gasteiger partial charge in [0.15, 0.2) is 0 Å². The fourth-order valence-corrected chi connectivity index (χ4v) is 4.78. The number of rotatable bonds is 9. The van der Waals surface area contributed by atoms with Crippen molar-refractivity contribution in [3.63, 3.8) is 0 Å². The third kappa shape index (κ3) is 6.01. The Morgan fingerprint density at radius 1 is 0.919 bits per heavy atom. The predicted octanol–water partition coefficient (Wildman–Crippen LogP) is 7.53. The molecule has 37 heavy (non-hydrogen) atoms. The van der Waals surface area contributed by atoms with E-state index < -0.39 is 11.6 Å². The number of aryl methyl sites for hydroxylation is 1. The average molecular weight is 507 g/mol. The molecule has 1 aliphatic carbocycles. The fraction of sp³-hybridized carbons (Fsp3) is 0.323. The lowest BCUT2D eigenvalue weighted by atomic mass is 9.79. The highest BCUT2D eigenvalue weighted by atomic mass is 19.1. The molecule has 0 aliphatic heterocycles. The van der Waals surface area contributed by atoms with Gasteiger partial charge in [-0.3, -0.25) is 4.79 Å². The fourth-order valence-electron chi connectivity index (χ4n) is 4.78. The first kappa shape index (κ1) is 26.4. The summed E-state index contributed by atoms with van der Waals surface area (Å²) in [5.74, 6) is -0.115. The summed E-state index contributed by atoms with van der Waals surface area (Å²) in [5.41, 5.74) is 3.81. The zero-order valence-corrected chi connectivity index (χ0v) is 21.7. The van der Waals surface area contributed by atoms with Crippen molar-refractivity contribution in [1.82, 2.24) is 0 Å². The second-order valence-corrected chi connectivity index (χ2v) is 9.89. The smallest absolute Gasteiger partial charge is 0.305 e. The Hall–Kier alpha value is -3.67. The van der Waals surface area contributed by atoms with Gasteiger partial charge in [-0.05, 0) is 89.4 Å². The normalized spacial score (nSPS) is 14.3. The molecular weight excluding hydrogens is 474 g/mol. The SMILES string of the molecule is COC(=O)CCc1cccc(OCc2cc(C3=CCCC3(C)C)c(-c3cc(OC)ccc3F)cc2F)c1. The molecule has 3 aromatic carbocycles. The highest BCUT2D eigenvalue weighted by molar-refractivity contribution is 5.85. The predicted molar refractivity (Wildman–Crippen MR) is 140 cm³/mol. The maximum absolute atomic E-state index is 15.4. The second-order valence-electron chi connectivity index (χ2n) is 9.89. The molecule has 0 fully saturated rings. The van der Waals surface area contributed by atoms with Crippen LogP contribution in [0.1, 0.15) is 49.8 Å². The molecule has 6 heteroatoms. The van der Waals surface area contributed by atoms with Crippen LogP contribution in [0.2, 0.25) is 0 Å². The van der Waals surface area contributed by atoms with Gasteiger partial charge in [-0.2, -0.15) is 0 Å². The Morgan fingerprint density at radius 3 is 2.43 bits per heavy atom. The molecule has 0 atom stereocenters. The lowest BCUT2D eigenvalue weighted by Crippen LogP contribution is -2.11. The standard InChI is InChI=1S/C31H32F2O4/c1-31(2)14-6-9-27(31)25-16-21(19-37-23-8-5-7-20(15-23)10-13-30(34)36-4)29(33)18-24(25)26-17-22(35-3)11-12-28(26)32/h5,7-9,11-12,15-18H,6,10,13-14,19H2,1-4H3. The van der Waals surface area contributed by atoms with Crippen molar-refractivity contribution in [2.75, 3.05) is 14.2 Å². The van der Waals surface area contributed by atoms with E-state index in [0.29, 0.717) is 34.6 Å². The summed E-state index contributed by atoms with van der Waals surface area (Å²) in [4.78, 5) is 11.5. The van der Waals surface area contributed by atoms with Crippen LogP contribution >= 0.6 is 0 Å². The molecule has 0 saturated carbocycles. The van der Waals surface area contributed by atoms with E-state index in [4.69, 9.17) is 14.2 Å². The maximum atomic E-state index is 15.4. The molecule has 0 spiro atoms. The lowest BCUT2D eigenvalue weighted by molar-refractivity contribution is -0.140. The second kappa shape index (κ2) is 11.2. The van der Waals surface area contributed by atoms with E-state index >= 15 is 4.39 Å². The number of carbonyl (C=O) groups is 1. The number of allylic oxidation sites excluding steroid dienone is 2. The number of ether oxygens (including phenoxy) is 3. The molecule has 1 aliphatic rings. The summed E-state index contributed by atoms with van der Waals surface area (Å²) in [6.07, 6.45) is 4.82. The Labute approximate surface area is 216 Å². The first-order chi connectivity index (χ1) is 17.7. The molecule has 0 amide bonds. The van der Waals surface area contributed by atoms with Crippen molar-refractivity contribution < 1.29 is 27.8 Å². The zero-order chi connectivity index (χ0) is 26.6. The molecule has 0 aromatic heterocycles. The number of carbonyl (C=O) groups excluding carboxylic acids is 1. The Kier molecular flexibility index (Phi) is 7.96. The molecule has 0 heterocycles. The molecule has 0 radical (unpaired) electrons. The van der Waals surface area contributed by atoms with Gasteiger partial charge >= 0.3 is 5.97 Å². The van der Waals surface area contributed by atoms with E-state index in [1.807, 2.05) is 18.2 Å². The molecule has 3 aromatic rings. The number of methoxy groups -OCH3 is 2. The number of hydrogen-bond acceptors (Lipinski definition) is 4. The van der Waals surface area contributed by atoms with Gasteiger partial charge in [0, 0.05) is 17.5 Å². The first-order valence-corrected chi connectivity index (χ1v) is 12.4. The molecule has 194 valence electrons. The summed E-state index contributed by atoms with van der Waals surface area (Å²) in [7, 11) is 2.88. The molecule has 4 nitrogen and oxygen atoms in total. The summed E-state index contributed by atoms with van der Waals surface area (Å²) in [6, 6.07) is 15.0. The minimum atomic E-state index is -0.473. The zero-order valence-electron chi connectivity index (χ0n) is 21.7. The summed E-state index contributed by atoms with van der Waals surface area (Å²) in [6.45, 7) is 4.31. The number of hydrogen-bond donors (Lipinski definition) is 0. The molecule has 4 rings (SSSR count). The Bertz CT molecular complexity index is 1330. The van der Waals surface area contributed by atoms with Gasteiger partial charge in [0.1, 0.15) is 29.7 Å². The van der Waals surface area contributed by atoms with Crippen molar-refractivity contribution in [3.05, 3.63) is 89.0 Å². The highest BCUT2D eigenvalue weighted by Gasteiger charge is 2.31. The molecule has 0 saturated heterocycles. The number of halogens is 2. The largest absolute Gasteiger partial charge is 0.497 e. The molecule has 0 unspecified atom stereocenters. The van der Waals surface area contributed by atoms with Crippen molar-refractivity contribution in [2.24, 2.45) is 5.41 Å². The van der Waals surface area contributed by atoms with Crippen LogP contribution in [0.15, 0.2) is 60.7 Å². The molecule has 0 bridgehead atoms. The van der Waals surface area contributed by atoms with Crippen molar-refractivity contribution >= 4 is 11.5 Å². The topological polar surface area (TPSA) is 44.8 Å². The van der Waals surface area contributed by atoms with Gasteiger partial charge in [-0.25, -0.2) is 8.78 Å². The van der Waals surface area contributed by atoms with Crippen molar-refractivity contribution in [3.8, 4) is 22.6 Å². The lowest BCUT2D eigenvalue weighted by Gasteiger charge is -2.26. The van der Waals surface area contributed by atoms with Crippen LogP contribution in [0.3, 0.4) is 0 Å². The number of benzene rings is 3. The monoisotopic (exact) mass is 506 g/mol. The minimum absolute atomic E-state index is 0.00781. The first-order valence-electron chi connectivity index (χ1n) is 12.4. The van der Waals surface area contributed by atoms with Gasteiger partial charge in [0.2, 0.25) is 0 Å². The minimum Gasteiger partial charge on any atom is -0.497 e. The molecular formula is C31H32F2O4. The van der Waals surface area contributed by atoms with Gasteiger partial charge in [0.05, 0.1) is 14.2 Å². The Balaban J connectivity index is 1.67. The third-order valence-corrected chi connectivity index (χ3v) is 6.93. The van der Waals surface area contributed by atoms with Crippen LogP contribution in [-0.4, -0.2) is 20.2 Å². The van der Waals surface area contributed by atoms with Gasteiger partial charge in [-0.15, -0.1) is 0 Å². The Morgan fingerprint density at radius 2 is 1.73 bits per heavy atom. The van der Waals surface area contributed by atoms with E-state index in [9.17, 15) is 9.18 Å². The van der Waals surface area contributed by atoms with Crippen LogP contribution in [0.5, 0.6) is 11.5 Å². The van der Waals surface area contributed by atoms with Crippen LogP contribution in [0.4, 0.5) is 8.78 Å². The number of esters is 1. The quantitative estimate of drug-likeness (QED) is 0.282. The van der Waals surface area contributed by atoms with E-state index in [0.717, 1.165) is 29.5 Å². The van der Waals surface area contributed by atoms with Crippen LogP contribution in [0.25, 0.3) is 16.7 Å². The summed E-state index contributed by atoms with van der Waals surface area (Å²) >= 11 is 0. The van der Waals surface area contributed by atoms with E-state index in [1.54, 1.807) is 24.3 Å². The van der Waals surface area contributed by atoms with E-state index in [2.05, 4.69) is 19.9 Å².